The van der Waals surface area contributed by atoms with Gasteiger partial charge in [0.15, 0.2) is 5.76 Å². The van der Waals surface area contributed by atoms with Gasteiger partial charge in [-0.25, -0.2) is 0 Å². The first-order chi connectivity index (χ1) is 9.68. The molecule has 0 aliphatic heterocycles. The third-order valence-corrected chi connectivity index (χ3v) is 3.04. The second-order valence-electron chi connectivity index (χ2n) is 4.29. The fraction of sp³-hybridized carbons (Fsp3) is 0. The first-order valence-corrected chi connectivity index (χ1v) is 5.97. The highest BCUT2D eigenvalue weighted by Crippen LogP contribution is 2.25. The minimum absolute atomic E-state index is 0.111. The number of benzene rings is 1. The lowest BCUT2D eigenvalue weighted by Crippen LogP contribution is -2.26. The first-order valence-electron chi connectivity index (χ1n) is 5.97. The number of ketones is 2. The fourth-order valence-electron chi connectivity index (χ4n) is 2.06. The number of aromatic nitrogens is 1. The molecule has 0 unspecified atom stereocenters. The van der Waals surface area contributed by atoms with Crippen LogP contribution in [0.4, 0.5) is 5.69 Å². The molecule has 0 bridgehead atoms. The lowest BCUT2D eigenvalue weighted by molar-refractivity contribution is 0.0930. The monoisotopic (exact) mass is 266 g/mol. The van der Waals surface area contributed by atoms with E-state index in [4.69, 9.17) is 0 Å². The zero-order valence-corrected chi connectivity index (χ0v) is 10.3. The number of nitrogens with one attached hydrogen (secondary N) is 1. The van der Waals surface area contributed by atoms with Gasteiger partial charge in [0.2, 0.25) is 11.6 Å². The van der Waals surface area contributed by atoms with Crippen molar-refractivity contribution in [3.63, 3.8) is 0 Å². The summed E-state index contributed by atoms with van der Waals surface area (Å²) in [6.45, 7) is 0. The summed E-state index contributed by atoms with van der Waals surface area (Å²) in [4.78, 5) is 28.2. The second-order valence-corrected chi connectivity index (χ2v) is 4.29. The van der Waals surface area contributed by atoms with Gasteiger partial charge in [0.25, 0.3) is 0 Å². The lowest BCUT2D eigenvalue weighted by Gasteiger charge is -2.18. The molecule has 20 heavy (non-hydrogen) atoms. The highest BCUT2D eigenvalue weighted by molar-refractivity contribution is 6.26. The quantitative estimate of drug-likeness (QED) is 0.872. The van der Waals surface area contributed by atoms with Crippen molar-refractivity contribution in [3.05, 3.63) is 71.4 Å². The molecule has 0 radical (unpaired) electrons. The van der Waals surface area contributed by atoms with Crippen molar-refractivity contribution < 1.29 is 14.7 Å². The standard InChI is InChI=1S/C15H10N2O3/c18-13-10-3-1-2-4-11(10)14(19)15(20)12(13)17-9-5-7-16-8-6-9/h1-8,20H,(H,16,17). The van der Waals surface area contributed by atoms with Crippen LogP contribution in [0.3, 0.4) is 0 Å². The molecule has 0 spiro atoms. The third-order valence-electron chi connectivity index (χ3n) is 3.04. The average molecular weight is 266 g/mol. The van der Waals surface area contributed by atoms with E-state index in [2.05, 4.69) is 10.3 Å². The number of hydrogen-bond donors (Lipinski definition) is 2. The second kappa shape index (κ2) is 4.62. The van der Waals surface area contributed by atoms with E-state index in [0.717, 1.165) is 0 Å². The maximum absolute atomic E-state index is 12.3. The van der Waals surface area contributed by atoms with Gasteiger partial charge in [-0.3, -0.25) is 14.6 Å². The van der Waals surface area contributed by atoms with Gasteiger partial charge >= 0.3 is 0 Å². The summed E-state index contributed by atoms with van der Waals surface area (Å²) in [6, 6.07) is 9.69. The highest BCUT2D eigenvalue weighted by Gasteiger charge is 2.32. The normalized spacial score (nSPS) is 14.2. The minimum atomic E-state index is -0.564. The van der Waals surface area contributed by atoms with Crippen LogP contribution < -0.4 is 5.32 Å². The summed E-state index contributed by atoms with van der Waals surface area (Å²) in [7, 11) is 0. The molecule has 0 saturated heterocycles. The van der Waals surface area contributed by atoms with Crippen LogP contribution in [0.15, 0.2) is 60.2 Å². The maximum Gasteiger partial charge on any atom is 0.230 e. The van der Waals surface area contributed by atoms with Crippen LogP contribution in [0.2, 0.25) is 0 Å². The van der Waals surface area contributed by atoms with Gasteiger partial charge in [0, 0.05) is 29.2 Å². The van der Waals surface area contributed by atoms with E-state index in [9.17, 15) is 14.7 Å². The van der Waals surface area contributed by atoms with Gasteiger partial charge in [-0.15, -0.1) is 0 Å². The van der Waals surface area contributed by atoms with E-state index in [1.807, 2.05) is 0 Å². The van der Waals surface area contributed by atoms with Gasteiger partial charge in [-0.05, 0) is 12.1 Å². The van der Waals surface area contributed by atoms with Crippen LogP contribution in [0.25, 0.3) is 0 Å². The van der Waals surface area contributed by atoms with E-state index in [0.29, 0.717) is 5.69 Å². The third kappa shape index (κ3) is 1.85. The van der Waals surface area contributed by atoms with Gasteiger partial charge < -0.3 is 10.4 Å². The van der Waals surface area contributed by atoms with Crippen LogP contribution in [0.5, 0.6) is 0 Å². The van der Waals surface area contributed by atoms with E-state index >= 15 is 0 Å². The van der Waals surface area contributed by atoms with E-state index in [-0.39, 0.29) is 16.8 Å². The summed E-state index contributed by atoms with van der Waals surface area (Å²) in [6.07, 6.45) is 3.09. The Bertz CT molecular complexity index is 736. The van der Waals surface area contributed by atoms with Gasteiger partial charge in [-0.1, -0.05) is 24.3 Å². The number of carbonyl (C=O) groups excluding carboxylic acids is 2. The number of anilines is 1. The summed E-state index contributed by atoms with van der Waals surface area (Å²) >= 11 is 0. The summed E-state index contributed by atoms with van der Waals surface area (Å²) in [5.41, 5.74) is 0.962. The topological polar surface area (TPSA) is 79.3 Å². The molecule has 5 nitrogen and oxygen atoms in total. The van der Waals surface area contributed by atoms with E-state index < -0.39 is 17.3 Å². The number of rotatable bonds is 2. The molecule has 3 rings (SSSR count). The molecular formula is C15H10N2O3. The predicted octanol–water partition coefficient (Wildman–Crippen LogP) is 2.34. The van der Waals surface area contributed by atoms with Crippen molar-refractivity contribution in [1.29, 1.82) is 0 Å². The molecular weight excluding hydrogens is 256 g/mol. The van der Waals surface area contributed by atoms with Crippen molar-refractivity contribution in [3.8, 4) is 0 Å². The van der Waals surface area contributed by atoms with Crippen molar-refractivity contribution in [2.45, 2.75) is 0 Å². The van der Waals surface area contributed by atoms with Crippen LogP contribution >= 0.6 is 0 Å². The highest BCUT2D eigenvalue weighted by atomic mass is 16.3. The van der Waals surface area contributed by atoms with Crippen molar-refractivity contribution in [2.24, 2.45) is 0 Å². The van der Waals surface area contributed by atoms with Crippen molar-refractivity contribution in [2.75, 3.05) is 5.32 Å². The van der Waals surface area contributed by atoms with Crippen LogP contribution in [-0.2, 0) is 0 Å². The van der Waals surface area contributed by atoms with Crippen LogP contribution in [0, 0.1) is 0 Å². The summed E-state index contributed by atoms with van der Waals surface area (Å²) in [5, 5.41) is 12.7. The number of hydrogen-bond acceptors (Lipinski definition) is 5. The number of allylic oxidation sites excluding steroid dienone is 2. The number of nitrogens with zero attached hydrogens (tertiary/aromatic N) is 1. The Morgan fingerprint density at radius 3 is 2.15 bits per heavy atom. The maximum atomic E-state index is 12.3. The zero-order valence-electron chi connectivity index (χ0n) is 10.3. The molecule has 0 amide bonds. The SMILES string of the molecule is O=C1C(O)=C(Nc2ccncc2)C(=O)c2ccccc21. The van der Waals surface area contributed by atoms with Crippen LogP contribution in [0.1, 0.15) is 20.7 Å². The Labute approximate surface area is 114 Å². The molecule has 98 valence electrons. The van der Waals surface area contributed by atoms with E-state index in [1.165, 1.54) is 6.07 Å². The molecule has 2 N–H and O–H groups in total. The number of carbonyl (C=O) groups is 2. The summed E-state index contributed by atoms with van der Waals surface area (Å²) in [5.74, 6) is -1.53. The number of pyridine rings is 1. The smallest absolute Gasteiger partial charge is 0.230 e. The molecule has 5 heteroatoms. The number of aliphatic hydroxyl groups is 1. The molecule has 0 atom stereocenters. The van der Waals surface area contributed by atoms with Crippen molar-refractivity contribution >= 4 is 17.3 Å². The summed E-state index contributed by atoms with van der Waals surface area (Å²) < 4.78 is 0. The Morgan fingerprint density at radius 1 is 0.900 bits per heavy atom. The molecule has 1 aliphatic rings. The minimum Gasteiger partial charge on any atom is -0.503 e. The average Bonchev–Trinajstić information content (AvgIpc) is 2.50. The molecule has 1 aromatic carbocycles. The Morgan fingerprint density at radius 2 is 1.50 bits per heavy atom. The fourth-order valence-corrected chi connectivity index (χ4v) is 2.06. The molecule has 0 saturated carbocycles. The first kappa shape index (κ1) is 12.1. The van der Waals surface area contributed by atoms with Crippen molar-refractivity contribution in [1.82, 2.24) is 4.98 Å². The Kier molecular flexibility index (Phi) is 2.80. The zero-order chi connectivity index (χ0) is 14.1. The largest absolute Gasteiger partial charge is 0.503 e. The predicted molar refractivity (Wildman–Crippen MR) is 72.6 cm³/mol. The number of Topliss-reactive ketones (excluding diaryl/α,β-unsaturated/α-hetero) is 2. The number of aliphatic hydroxyl groups excluding tert-OH is 1. The molecule has 1 heterocycles. The van der Waals surface area contributed by atoms with Gasteiger partial charge in [0.05, 0.1) is 0 Å². The van der Waals surface area contributed by atoms with Gasteiger partial charge in [0.1, 0.15) is 5.70 Å². The van der Waals surface area contributed by atoms with Gasteiger partial charge in [-0.2, -0.15) is 0 Å². The Hall–Kier alpha value is -2.95. The molecule has 1 aromatic heterocycles. The molecule has 0 fully saturated rings. The van der Waals surface area contributed by atoms with Crippen LogP contribution in [-0.4, -0.2) is 21.7 Å². The molecule has 1 aliphatic carbocycles. The molecule has 2 aromatic rings. The Balaban J connectivity index is 2.06. The lowest BCUT2D eigenvalue weighted by atomic mass is 9.91. The van der Waals surface area contributed by atoms with E-state index in [1.54, 1.807) is 42.7 Å². The number of fused-ring (bicyclic) bond motifs is 1.